The summed E-state index contributed by atoms with van der Waals surface area (Å²) in [5.41, 5.74) is 6.54. The monoisotopic (exact) mass is 196 g/mol. The molecule has 0 spiro atoms. The molecule has 2 rings (SSSR count). The molecular weight excluding hydrogens is 172 g/mol. The summed E-state index contributed by atoms with van der Waals surface area (Å²) in [4.78, 5) is 0. The molecule has 1 aliphatic heterocycles. The quantitative estimate of drug-likeness (QED) is 0.673. The third-order valence-electron chi connectivity index (χ3n) is 3.92. The highest BCUT2D eigenvalue weighted by atomic mass is 15.4. The van der Waals surface area contributed by atoms with Crippen LogP contribution in [0.5, 0.6) is 0 Å². The first-order valence-electron chi connectivity index (χ1n) is 6.42. The van der Waals surface area contributed by atoms with Crippen molar-refractivity contribution in [3.8, 4) is 0 Å². The van der Waals surface area contributed by atoms with Gasteiger partial charge in [0.25, 0.3) is 0 Å². The van der Waals surface area contributed by atoms with E-state index in [4.69, 9.17) is 0 Å². The summed E-state index contributed by atoms with van der Waals surface area (Å²) < 4.78 is 0. The van der Waals surface area contributed by atoms with Crippen LogP contribution < -0.4 is 10.9 Å². The second-order valence-corrected chi connectivity index (χ2v) is 4.98. The Balaban J connectivity index is 1.80. The Kier molecular flexibility index (Phi) is 4.26. The fourth-order valence-corrected chi connectivity index (χ4v) is 2.95. The van der Waals surface area contributed by atoms with Gasteiger partial charge in [0.15, 0.2) is 0 Å². The van der Waals surface area contributed by atoms with Crippen molar-refractivity contribution in [1.29, 1.82) is 0 Å². The van der Waals surface area contributed by atoms with Gasteiger partial charge in [-0.05, 0) is 11.8 Å². The molecule has 1 aliphatic carbocycles. The Morgan fingerprint density at radius 2 is 1.07 bits per heavy atom. The van der Waals surface area contributed by atoms with E-state index < -0.39 is 0 Å². The van der Waals surface area contributed by atoms with Crippen molar-refractivity contribution in [2.45, 2.75) is 51.4 Å². The lowest BCUT2D eigenvalue weighted by molar-refractivity contribution is 0.314. The molecule has 2 fully saturated rings. The Morgan fingerprint density at radius 1 is 0.571 bits per heavy atom. The maximum Gasteiger partial charge on any atom is 0.0143 e. The molecule has 0 bridgehead atoms. The van der Waals surface area contributed by atoms with Crippen LogP contribution in [0.2, 0.25) is 0 Å². The van der Waals surface area contributed by atoms with E-state index in [2.05, 4.69) is 10.9 Å². The van der Waals surface area contributed by atoms with Crippen LogP contribution in [0.1, 0.15) is 51.4 Å². The van der Waals surface area contributed by atoms with E-state index in [1.807, 2.05) is 0 Å². The number of hydrogen-bond donors (Lipinski definition) is 2. The zero-order valence-corrected chi connectivity index (χ0v) is 9.23. The predicted molar refractivity (Wildman–Crippen MR) is 59.9 cm³/mol. The molecule has 2 heteroatoms. The zero-order valence-electron chi connectivity index (χ0n) is 9.23. The number of hydrazine groups is 1. The Morgan fingerprint density at radius 3 is 1.64 bits per heavy atom. The topological polar surface area (TPSA) is 24.1 Å². The number of nitrogens with one attached hydrogen (secondary N) is 2. The molecule has 2 aliphatic rings. The maximum absolute atomic E-state index is 3.27. The Bertz CT molecular complexity index is 142. The SMILES string of the molecule is C1CCCCC(C2CNNC2)CCC1. The molecular formula is C12H24N2. The largest absolute Gasteiger partial charge is 0.258 e. The number of rotatable bonds is 1. The highest BCUT2D eigenvalue weighted by Gasteiger charge is 2.24. The summed E-state index contributed by atoms with van der Waals surface area (Å²) in [6.45, 7) is 2.40. The highest BCUT2D eigenvalue weighted by molar-refractivity contribution is 4.78. The van der Waals surface area contributed by atoms with E-state index in [9.17, 15) is 0 Å². The summed E-state index contributed by atoms with van der Waals surface area (Å²) in [7, 11) is 0. The minimum absolute atomic E-state index is 0.910. The molecule has 0 aromatic carbocycles. The van der Waals surface area contributed by atoms with E-state index in [1.54, 1.807) is 0 Å². The molecule has 0 aromatic rings. The van der Waals surface area contributed by atoms with Crippen molar-refractivity contribution in [2.24, 2.45) is 11.8 Å². The van der Waals surface area contributed by atoms with Crippen molar-refractivity contribution in [1.82, 2.24) is 10.9 Å². The highest BCUT2D eigenvalue weighted by Crippen LogP contribution is 2.28. The molecule has 0 atom stereocenters. The second kappa shape index (κ2) is 5.72. The average molecular weight is 196 g/mol. The normalized spacial score (nSPS) is 28.3. The standard InChI is InChI=1S/C12H24N2/c1-2-4-6-8-11(7-5-3-1)12-9-13-14-10-12/h11-14H,1-10H2. The fourth-order valence-electron chi connectivity index (χ4n) is 2.95. The van der Waals surface area contributed by atoms with Gasteiger partial charge in [-0.2, -0.15) is 0 Å². The minimum atomic E-state index is 0.910. The minimum Gasteiger partial charge on any atom is -0.258 e. The van der Waals surface area contributed by atoms with Gasteiger partial charge in [-0.1, -0.05) is 51.4 Å². The van der Waals surface area contributed by atoms with E-state index in [-0.39, 0.29) is 0 Å². The van der Waals surface area contributed by atoms with E-state index >= 15 is 0 Å². The van der Waals surface area contributed by atoms with E-state index in [0.717, 1.165) is 11.8 Å². The van der Waals surface area contributed by atoms with Crippen LogP contribution in [0.3, 0.4) is 0 Å². The van der Waals surface area contributed by atoms with E-state index in [0.29, 0.717) is 0 Å². The lowest BCUT2D eigenvalue weighted by atomic mass is 9.85. The smallest absolute Gasteiger partial charge is 0.0143 e. The van der Waals surface area contributed by atoms with Crippen molar-refractivity contribution in [3.05, 3.63) is 0 Å². The van der Waals surface area contributed by atoms with Crippen molar-refractivity contribution >= 4 is 0 Å². The molecule has 2 nitrogen and oxygen atoms in total. The van der Waals surface area contributed by atoms with Crippen LogP contribution in [0, 0.1) is 11.8 Å². The van der Waals surface area contributed by atoms with Gasteiger partial charge in [0.05, 0.1) is 0 Å². The Hall–Kier alpha value is -0.0800. The van der Waals surface area contributed by atoms with Crippen molar-refractivity contribution < 1.29 is 0 Å². The van der Waals surface area contributed by atoms with E-state index in [1.165, 1.54) is 64.5 Å². The van der Waals surface area contributed by atoms with Crippen LogP contribution in [0.15, 0.2) is 0 Å². The summed E-state index contributed by atoms with van der Waals surface area (Å²) >= 11 is 0. The van der Waals surface area contributed by atoms with Crippen molar-refractivity contribution in [3.63, 3.8) is 0 Å². The van der Waals surface area contributed by atoms with Crippen LogP contribution in [0.4, 0.5) is 0 Å². The van der Waals surface area contributed by atoms with Gasteiger partial charge in [-0.15, -0.1) is 0 Å². The van der Waals surface area contributed by atoms with Crippen LogP contribution >= 0.6 is 0 Å². The summed E-state index contributed by atoms with van der Waals surface area (Å²) in [6, 6.07) is 0. The number of hydrogen-bond acceptors (Lipinski definition) is 2. The molecule has 1 saturated carbocycles. The predicted octanol–water partition coefficient (Wildman–Crippen LogP) is 2.46. The van der Waals surface area contributed by atoms with Gasteiger partial charge < -0.3 is 0 Å². The summed E-state index contributed by atoms with van der Waals surface area (Å²) in [6.07, 6.45) is 11.8. The first-order chi connectivity index (χ1) is 6.97. The molecule has 2 N–H and O–H groups in total. The maximum atomic E-state index is 3.27. The van der Waals surface area contributed by atoms with Gasteiger partial charge in [0, 0.05) is 13.1 Å². The fraction of sp³-hybridized carbons (Fsp3) is 1.00. The molecule has 0 aromatic heterocycles. The van der Waals surface area contributed by atoms with Gasteiger partial charge in [0.2, 0.25) is 0 Å². The van der Waals surface area contributed by atoms with Crippen LogP contribution in [-0.4, -0.2) is 13.1 Å². The zero-order chi connectivity index (χ0) is 9.64. The molecule has 1 saturated heterocycles. The molecule has 0 amide bonds. The molecule has 1 heterocycles. The lowest BCUT2D eigenvalue weighted by Gasteiger charge is -2.21. The molecule has 0 radical (unpaired) electrons. The first kappa shape index (κ1) is 10.4. The van der Waals surface area contributed by atoms with Crippen molar-refractivity contribution in [2.75, 3.05) is 13.1 Å². The average Bonchev–Trinajstić information content (AvgIpc) is 2.75. The molecule has 14 heavy (non-hydrogen) atoms. The van der Waals surface area contributed by atoms with Crippen LogP contribution in [-0.2, 0) is 0 Å². The van der Waals surface area contributed by atoms with Gasteiger partial charge in [-0.3, -0.25) is 10.9 Å². The van der Waals surface area contributed by atoms with Gasteiger partial charge in [0.1, 0.15) is 0 Å². The molecule has 0 unspecified atom stereocenters. The first-order valence-corrected chi connectivity index (χ1v) is 6.42. The lowest BCUT2D eigenvalue weighted by Crippen LogP contribution is -2.21. The summed E-state index contributed by atoms with van der Waals surface area (Å²) in [5, 5.41) is 0. The third-order valence-corrected chi connectivity index (χ3v) is 3.92. The van der Waals surface area contributed by atoms with Crippen LogP contribution in [0.25, 0.3) is 0 Å². The summed E-state index contributed by atoms with van der Waals surface area (Å²) in [5.74, 6) is 1.91. The second-order valence-electron chi connectivity index (χ2n) is 4.98. The third kappa shape index (κ3) is 2.96. The molecule has 82 valence electrons. The van der Waals surface area contributed by atoms with Gasteiger partial charge >= 0.3 is 0 Å². The van der Waals surface area contributed by atoms with Gasteiger partial charge in [-0.25, -0.2) is 0 Å². The Labute approximate surface area is 87.8 Å².